The summed E-state index contributed by atoms with van der Waals surface area (Å²) in [6.07, 6.45) is 2.60. The maximum absolute atomic E-state index is 12.4. The van der Waals surface area contributed by atoms with Crippen LogP contribution in [0.5, 0.6) is 0 Å². The van der Waals surface area contributed by atoms with Crippen molar-refractivity contribution in [3.63, 3.8) is 0 Å². The molecule has 4 heteroatoms. The normalized spacial score (nSPS) is 18.3. The zero-order valence-electron chi connectivity index (χ0n) is 15.4. The Labute approximate surface area is 145 Å². The molecule has 0 bridgehead atoms. The van der Waals surface area contributed by atoms with Gasteiger partial charge in [-0.3, -0.25) is 9.59 Å². The molecule has 1 aromatic carbocycles. The van der Waals surface area contributed by atoms with Crippen molar-refractivity contribution in [3.05, 3.63) is 35.4 Å². The smallest absolute Gasteiger partial charge is 0.227 e. The minimum absolute atomic E-state index is 0.0778. The molecule has 1 heterocycles. The van der Waals surface area contributed by atoms with Gasteiger partial charge < -0.3 is 10.2 Å². The lowest BCUT2D eigenvalue weighted by Crippen LogP contribution is -2.48. The van der Waals surface area contributed by atoms with Crippen molar-refractivity contribution in [2.45, 2.75) is 47.0 Å². The molecule has 0 aliphatic carbocycles. The van der Waals surface area contributed by atoms with Gasteiger partial charge in [-0.1, -0.05) is 50.6 Å². The quantitative estimate of drug-likeness (QED) is 0.923. The fourth-order valence-electron chi connectivity index (χ4n) is 3.19. The highest BCUT2D eigenvalue weighted by Gasteiger charge is 2.33. The van der Waals surface area contributed by atoms with Gasteiger partial charge in [-0.25, -0.2) is 0 Å². The van der Waals surface area contributed by atoms with Gasteiger partial charge in [0.1, 0.15) is 0 Å². The zero-order chi connectivity index (χ0) is 17.7. The molecule has 1 aromatic rings. The summed E-state index contributed by atoms with van der Waals surface area (Å²) in [5.41, 5.74) is 2.09. The highest BCUT2D eigenvalue weighted by atomic mass is 16.2. The standard InChI is InChI=1S/C20H30N2O2/c1-15-7-5-8-16(13-15)10-11-21-18(23)17-9-6-12-22(14-17)19(24)20(2,3)4/h5,7-8,13,17H,6,9-12,14H2,1-4H3,(H,21,23)/t17-/m1/s1. The number of hydrogen-bond donors (Lipinski definition) is 1. The largest absolute Gasteiger partial charge is 0.355 e. The van der Waals surface area contributed by atoms with Crippen molar-refractivity contribution >= 4 is 11.8 Å². The predicted molar refractivity (Wildman–Crippen MR) is 96.7 cm³/mol. The Hall–Kier alpha value is -1.84. The number of amides is 2. The molecule has 1 fully saturated rings. The van der Waals surface area contributed by atoms with Crippen LogP contribution in [0, 0.1) is 18.3 Å². The number of aryl methyl sites for hydroxylation is 1. The number of hydrogen-bond acceptors (Lipinski definition) is 2. The Bertz CT molecular complexity index is 590. The van der Waals surface area contributed by atoms with E-state index in [1.807, 2.05) is 31.7 Å². The van der Waals surface area contributed by atoms with Gasteiger partial charge in [0.2, 0.25) is 11.8 Å². The molecule has 1 aliphatic heterocycles. The summed E-state index contributed by atoms with van der Waals surface area (Å²) in [6.45, 7) is 9.83. The lowest BCUT2D eigenvalue weighted by molar-refractivity contribution is -0.142. The lowest BCUT2D eigenvalue weighted by Gasteiger charge is -2.35. The highest BCUT2D eigenvalue weighted by molar-refractivity contribution is 5.83. The molecular weight excluding hydrogens is 300 g/mol. The Balaban J connectivity index is 1.82. The Morgan fingerprint density at radius 3 is 2.71 bits per heavy atom. The number of nitrogens with one attached hydrogen (secondary N) is 1. The molecule has 1 aliphatic rings. The number of nitrogens with zero attached hydrogens (tertiary/aromatic N) is 1. The van der Waals surface area contributed by atoms with E-state index in [0.717, 1.165) is 25.8 Å². The second-order valence-electron chi connectivity index (χ2n) is 7.87. The second-order valence-corrected chi connectivity index (χ2v) is 7.87. The molecule has 2 rings (SSSR count). The summed E-state index contributed by atoms with van der Waals surface area (Å²) in [7, 11) is 0. The first-order valence-electron chi connectivity index (χ1n) is 8.90. The third-order valence-electron chi connectivity index (χ3n) is 4.52. The van der Waals surface area contributed by atoms with Crippen LogP contribution in [0.4, 0.5) is 0 Å². The second kappa shape index (κ2) is 7.82. The Morgan fingerprint density at radius 2 is 2.04 bits per heavy atom. The molecule has 132 valence electrons. The molecular formula is C20H30N2O2. The molecule has 0 spiro atoms. The van der Waals surface area contributed by atoms with E-state index in [4.69, 9.17) is 0 Å². The topological polar surface area (TPSA) is 49.4 Å². The molecule has 1 atom stereocenters. The Kier molecular flexibility index (Phi) is 6.03. The van der Waals surface area contributed by atoms with Gasteiger partial charge in [0, 0.05) is 25.0 Å². The molecule has 0 saturated carbocycles. The van der Waals surface area contributed by atoms with Crippen molar-refractivity contribution < 1.29 is 9.59 Å². The maximum Gasteiger partial charge on any atom is 0.227 e. The van der Waals surface area contributed by atoms with E-state index in [9.17, 15) is 9.59 Å². The molecule has 1 N–H and O–H groups in total. The van der Waals surface area contributed by atoms with E-state index in [1.54, 1.807) is 0 Å². The first kappa shape index (κ1) is 18.5. The number of benzene rings is 1. The van der Waals surface area contributed by atoms with Gasteiger partial charge in [0.25, 0.3) is 0 Å². The molecule has 0 aromatic heterocycles. The monoisotopic (exact) mass is 330 g/mol. The number of carbonyl (C=O) groups is 2. The third kappa shape index (κ3) is 5.08. The first-order valence-corrected chi connectivity index (χ1v) is 8.90. The minimum atomic E-state index is -0.385. The Morgan fingerprint density at radius 1 is 1.29 bits per heavy atom. The number of rotatable bonds is 4. The average molecular weight is 330 g/mol. The van der Waals surface area contributed by atoms with Crippen molar-refractivity contribution in [2.24, 2.45) is 11.3 Å². The lowest BCUT2D eigenvalue weighted by atomic mass is 9.91. The zero-order valence-corrected chi connectivity index (χ0v) is 15.4. The van der Waals surface area contributed by atoms with E-state index in [2.05, 4.69) is 30.4 Å². The van der Waals surface area contributed by atoms with Gasteiger partial charge in [-0.2, -0.15) is 0 Å². The fraction of sp³-hybridized carbons (Fsp3) is 0.600. The van der Waals surface area contributed by atoms with Gasteiger partial charge >= 0.3 is 0 Å². The van der Waals surface area contributed by atoms with Crippen molar-refractivity contribution in [2.75, 3.05) is 19.6 Å². The SMILES string of the molecule is Cc1cccc(CCNC(=O)[C@@H]2CCCN(C(=O)C(C)(C)C)C2)c1. The van der Waals surface area contributed by atoms with E-state index in [0.29, 0.717) is 13.1 Å². The summed E-state index contributed by atoms with van der Waals surface area (Å²) in [5.74, 6) is 0.136. The van der Waals surface area contributed by atoms with Crippen molar-refractivity contribution in [1.82, 2.24) is 10.2 Å². The molecule has 4 nitrogen and oxygen atoms in total. The maximum atomic E-state index is 12.4. The average Bonchev–Trinajstić information content (AvgIpc) is 2.53. The molecule has 1 saturated heterocycles. The predicted octanol–water partition coefficient (Wildman–Crippen LogP) is 2.94. The van der Waals surface area contributed by atoms with Gasteiger partial charge in [0.05, 0.1) is 5.92 Å². The van der Waals surface area contributed by atoms with Crippen LogP contribution in [0.25, 0.3) is 0 Å². The van der Waals surface area contributed by atoms with Gasteiger partial charge in [-0.05, 0) is 31.7 Å². The first-order chi connectivity index (χ1) is 11.3. The van der Waals surface area contributed by atoms with Crippen LogP contribution in [0.15, 0.2) is 24.3 Å². The van der Waals surface area contributed by atoms with Crippen LogP contribution >= 0.6 is 0 Å². The molecule has 24 heavy (non-hydrogen) atoms. The van der Waals surface area contributed by atoms with Gasteiger partial charge in [0.15, 0.2) is 0 Å². The van der Waals surface area contributed by atoms with Crippen LogP contribution in [-0.2, 0) is 16.0 Å². The summed E-state index contributed by atoms with van der Waals surface area (Å²) in [5, 5.41) is 3.04. The number of piperidine rings is 1. The summed E-state index contributed by atoms with van der Waals surface area (Å²) in [6, 6.07) is 8.36. The van der Waals surface area contributed by atoms with E-state index >= 15 is 0 Å². The minimum Gasteiger partial charge on any atom is -0.355 e. The van der Waals surface area contributed by atoms with Crippen LogP contribution < -0.4 is 5.32 Å². The van der Waals surface area contributed by atoms with Crippen LogP contribution in [-0.4, -0.2) is 36.3 Å². The van der Waals surface area contributed by atoms with E-state index < -0.39 is 0 Å². The number of carbonyl (C=O) groups excluding carboxylic acids is 2. The number of likely N-dealkylation sites (tertiary alicyclic amines) is 1. The van der Waals surface area contributed by atoms with Crippen LogP contribution in [0.3, 0.4) is 0 Å². The molecule has 0 unspecified atom stereocenters. The third-order valence-corrected chi connectivity index (χ3v) is 4.52. The van der Waals surface area contributed by atoms with Gasteiger partial charge in [-0.15, -0.1) is 0 Å². The fourth-order valence-corrected chi connectivity index (χ4v) is 3.19. The van der Waals surface area contributed by atoms with Crippen molar-refractivity contribution in [1.29, 1.82) is 0 Å². The molecule has 2 amide bonds. The summed E-state index contributed by atoms with van der Waals surface area (Å²) >= 11 is 0. The summed E-state index contributed by atoms with van der Waals surface area (Å²) in [4.78, 5) is 26.7. The van der Waals surface area contributed by atoms with E-state index in [1.165, 1.54) is 11.1 Å². The highest BCUT2D eigenvalue weighted by Crippen LogP contribution is 2.23. The summed E-state index contributed by atoms with van der Waals surface area (Å²) < 4.78 is 0. The molecule has 0 radical (unpaired) electrons. The van der Waals surface area contributed by atoms with Crippen LogP contribution in [0.1, 0.15) is 44.7 Å². The van der Waals surface area contributed by atoms with Crippen molar-refractivity contribution in [3.8, 4) is 0 Å². The van der Waals surface area contributed by atoms with Crippen LogP contribution in [0.2, 0.25) is 0 Å². The van der Waals surface area contributed by atoms with E-state index in [-0.39, 0.29) is 23.1 Å².